The van der Waals surface area contributed by atoms with Crippen LogP contribution in [0.4, 0.5) is 0 Å². The maximum Gasteiger partial charge on any atom is 0.246 e. The number of carbonyl (C=O) groups excluding carboxylic acids is 1. The number of aromatic nitrogens is 1. The third-order valence-electron chi connectivity index (χ3n) is 3.73. The number of amides is 1. The van der Waals surface area contributed by atoms with Gasteiger partial charge in [0.2, 0.25) is 18.5 Å². The van der Waals surface area contributed by atoms with Crippen LogP contribution in [0.5, 0.6) is 11.5 Å². The van der Waals surface area contributed by atoms with Gasteiger partial charge in [-0.2, -0.15) is 0 Å². The van der Waals surface area contributed by atoms with Crippen molar-refractivity contribution < 1.29 is 27.9 Å². The first-order valence-electron chi connectivity index (χ1n) is 8.00. The summed E-state index contributed by atoms with van der Waals surface area (Å²) >= 11 is 0. The van der Waals surface area contributed by atoms with E-state index in [9.17, 15) is 4.79 Å². The molecule has 134 valence electrons. The summed E-state index contributed by atoms with van der Waals surface area (Å²) in [7, 11) is 0. The summed E-state index contributed by atoms with van der Waals surface area (Å²) in [6, 6.07) is 10.8. The van der Waals surface area contributed by atoms with Gasteiger partial charge in [-0.15, -0.1) is 0 Å². The fraction of sp³-hybridized carbons (Fsp3) is 0.222. The van der Waals surface area contributed by atoms with E-state index in [1.165, 1.54) is 0 Å². The summed E-state index contributed by atoms with van der Waals surface area (Å²) in [5.41, 5.74) is 1.50. The standard InChI is InChI=1S/C18H16N2O6/c21-18(19-8-12-3-4-15-16(6-12)25-11-24-15)10-22-9-13-7-17(26-20-13)14-2-1-5-23-14/h1-7H,8-11H2,(H,19,21). The van der Waals surface area contributed by atoms with Crippen molar-refractivity contribution in [2.45, 2.75) is 13.2 Å². The molecule has 3 heterocycles. The highest BCUT2D eigenvalue weighted by molar-refractivity contribution is 5.77. The van der Waals surface area contributed by atoms with Gasteiger partial charge in [0.05, 0.1) is 12.9 Å². The molecule has 8 nitrogen and oxygen atoms in total. The Kier molecular flexibility index (Phi) is 4.57. The Balaban J connectivity index is 1.21. The minimum atomic E-state index is -0.225. The zero-order valence-electron chi connectivity index (χ0n) is 13.8. The van der Waals surface area contributed by atoms with E-state index in [1.54, 1.807) is 24.5 Å². The molecule has 1 aliphatic rings. The molecular formula is C18H16N2O6. The average Bonchev–Trinajstić information content (AvgIpc) is 3.39. The molecule has 0 saturated heterocycles. The first kappa shape index (κ1) is 16.2. The van der Waals surface area contributed by atoms with Crippen LogP contribution in [0.3, 0.4) is 0 Å². The second-order valence-electron chi connectivity index (χ2n) is 5.62. The maximum atomic E-state index is 11.9. The molecule has 1 aliphatic heterocycles. The minimum Gasteiger partial charge on any atom is -0.461 e. The molecule has 2 aromatic heterocycles. The van der Waals surface area contributed by atoms with Crippen LogP contribution in [0.2, 0.25) is 0 Å². The molecule has 4 rings (SSSR count). The number of nitrogens with zero attached hydrogens (tertiary/aromatic N) is 1. The third-order valence-corrected chi connectivity index (χ3v) is 3.73. The van der Waals surface area contributed by atoms with Crippen LogP contribution in [-0.4, -0.2) is 24.5 Å². The molecule has 0 saturated carbocycles. The number of fused-ring (bicyclic) bond motifs is 1. The predicted octanol–water partition coefficient (Wildman–Crippen LogP) is 2.50. The van der Waals surface area contributed by atoms with Crippen molar-refractivity contribution in [1.29, 1.82) is 0 Å². The molecule has 26 heavy (non-hydrogen) atoms. The summed E-state index contributed by atoms with van der Waals surface area (Å²) in [5.74, 6) is 2.28. The monoisotopic (exact) mass is 356 g/mol. The van der Waals surface area contributed by atoms with Gasteiger partial charge in [0, 0.05) is 12.6 Å². The van der Waals surface area contributed by atoms with Crippen molar-refractivity contribution >= 4 is 5.91 Å². The van der Waals surface area contributed by atoms with Crippen LogP contribution in [0.1, 0.15) is 11.3 Å². The zero-order valence-corrected chi connectivity index (χ0v) is 13.8. The van der Waals surface area contributed by atoms with Crippen LogP contribution in [0, 0.1) is 0 Å². The van der Waals surface area contributed by atoms with E-state index in [-0.39, 0.29) is 25.9 Å². The van der Waals surface area contributed by atoms with Crippen LogP contribution in [-0.2, 0) is 22.7 Å². The van der Waals surface area contributed by atoms with Crippen molar-refractivity contribution in [3.63, 3.8) is 0 Å². The van der Waals surface area contributed by atoms with Gasteiger partial charge < -0.3 is 28.5 Å². The molecule has 0 unspecified atom stereocenters. The van der Waals surface area contributed by atoms with E-state index in [2.05, 4.69) is 10.5 Å². The Bertz CT molecular complexity index is 887. The third kappa shape index (κ3) is 3.70. The van der Waals surface area contributed by atoms with E-state index in [1.807, 2.05) is 18.2 Å². The summed E-state index contributed by atoms with van der Waals surface area (Å²) in [6.45, 7) is 0.698. The normalized spacial score (nSPS) is 12.3. The summed E-state index contributed by atoms with van der Waals surface area (Å²) in [5, 5.41) is 6.66. The first-order valence-corrected chi connectivity index (χ1v) is 8.00. The largest absolute Gasteiger partial charge is 0.461 e. The fourth-order valence-electron chi connectivity index (χ4n) is 2.47. The van der Waals surface area contributed by atoms with E-state index < -0.39 is 0 Å². The Labute approximate surface area is 148 Å². The van der Waals surface area contributed by atoms with E-state index >= 15 is 0 Å². The van der Waals surface area contributed by atoms with Gasteiger partial charge in [-0.05, 0) is 29.8 Å². The number of ether oxygens (including phenoxy) is 3. The molecule has 0 fully saturated rings. The van der Waals surface area contributed by atoms with Gasteiger partial charge in [-0.1, -0.05) is 11.2 Å². The minimum absolute atomic E-state index is 0.0759. The van der Waals surface area contributed by atoms with Gasteiger partial charge in [-0.3, -0.25) is 4.79 Å². The topological polar surface area (TPSA) is 96.0 Å². The number of rotatable bonds is 7. The van der Waals surface area contributed by atoms with Crippen LogP contribution in [0.25, 0.3) is 11.5 Å². The number of carbonyl (C=O) groups is 1. The quantitative estimate of drug-likeness (QED) is 0.695. The van der Waals surface area contributed by atoms with Gasteiger partial charge >= 0.3 is 0 Å². The molecule has 0 radical (unpaired) electrons. The predicted molar refractivity (Wildman–Crippen MR) is 88.3 cm³/mol. The Morgan fingerprint density at radius 1 is 1.15 bits per heavy atom. The number of benzene rings is 1. The molecule has 0 spiro atoms. The molecule has 0 bridgehead atoms. The molecule has 1 amide bonds. The highest BCUT2D eigenvalue weighted by atomic mass is 16.7. The van der Waals surface area contributed by atoms with Gasteiger partial charge in [0.15, 0.2) is 17.3 Å². The lowest BCUT2D eigenvalue weighted by Crippen LogP contribution is -2.27. The maximum absolute atomic E-state index is 11.9. The molecule has 0 atom stereocenters. The van der Waals surface area contributed by atoms with E-state index in [0.29, 0.717) is 35.3 Å². The van der Waals surface area contributed by atoms with Gasteiger partial charge in [-0.25, -0.2) is 0 Å². The molecular weight excluding hydrogens is 340 g/mol. The fourth-order valence-corrected chi connectivity index (χ4v) is 2.47. The van der Waals surface area contributed by atoms with Crippen LogP contribution in [0.15, 0.2) is 51.6 Å². The summed E-state index contributed by atoms with van der Waals surface area (Å²) in [6.07, 6.45) is 1.55. The van der Waals surface area contributed by atoms with Crippen molar-refractivity contribution in [3.05, 3.63) is 53.9 Å². The summed E-state index contributed by atoms with van der Waals surface area (Å²) < 4.78 is 26.3. The van der Waals surface area contributed by atoms with Gasteiger partial charge in [0.1, 0.15) is 12.3 Å². The smallest absolute Gasteiger partial charge is 0.246 e. The molecule has 8 heteroatoms. The number of hydrogen-bond acceptors (Lipinski definition) is 7. The van der Waals surface area contributed by atoms with E-state index in [4.69, 9.17) is 23.2 Å². The van der Waals surface area contributed by atoms with Crippen LogP contribution >= 0.6 is 0 Å². The lowest BCUT2D eigenvalue weighted by molar-refractivity contribution is -0.126. The van der Waals surface area contributed by atoms with Crippen LogP contribution < -0.4 is 14.8 Å². The lowest BCUT2D eigenvalue weighted by atomic mass is 10.2. The molecule has 0 aliphatic carbocycles. The number of nitrogens with one attached hydrogen (secondary N) is 1. The number of furan rings is 1. The van der Waals surface area contributed by atoms with Crippen molar-refractivity contribution in [2.75, 3.05) is 13.4 Å². The van der Waals surface area contributed by atoms with E-state index in [0.717, 1.165) is 5.56 Å². The molecule has 1 N–H and O–H groups in total. The highest BCUT2D eigenvalue weighted by Gasteiger charge is 2.14. The Morgan fingerprint density at radius 3 is 2.96 bits per heavy atom. The Hall–Kier alpha value is -3.26. The zero-order chi connectivity index (χ0) is 17.8. The van der Waals surface area contributed by atoms with Crippen molar-refractivity contribution in [1.82, 2.24) is 10.5 Å². The first-order chi connectivity index (χ1) is 12.8. The molecule has 1 aromatic carbocycles. The average molecular weight is 356 g/mol. The van der Waals surface area contributed by atoms with Crippen molar-refractivity contribution in [2.24, 2.45) is 0 Å². The van der Waals surface area contributed by atoms with Gasteiger partial charge in [0.25, 0.3) is 0 Å². The lowest BCUT2D eigenvalue weighted by Gasteiger charge is -2.06. The molecule has 3 aromatic rings. The Morgan fingerprint density at radius 2 is 2.08 bits per heavy atom. The number of hydrogen-bond donors (Lipinski definition) is 1. The second-order valence-corrected chi connectivity index (χ2v) is 5.62. The summed E-state index contributed by atoms with van der Waals surface area (Å²) in [4.78, 5) is 11.9. The highest BCUT2D eigenvalue weighted by Crippen LogP contribution is 2.32. The van der Waals surface area contributed by atoms with Crippen molar-refractivity contribution in [3.8, 4) is 23.0 Å². The second kappa shape index (κ2) is 7.32. The SMILES string of the molecule is O=C(COCc1cc(-c2ccco2)on1)NCc1ccc2c(c1)OCO2.